The van der Waals surface area contributed by atoms with Crippen molar-refractivity contribution in [2.24, 2.45) is 5.92 Å². The van der Waals surface area contributed by atoms with Crippen LogP contribution < -0.4 is 0 Å². The van der Waals surface area contributed by atoms with Gasteiger partial charge in [0.05, 0.1) is 13.9 Å². The first-order chi connectivity index (χ1) is 8.38. The van der Waals surface area contributed by atoms with Gasteiger partial charge >= 0.3 is 0 Å². The molecule has 0 saturated carbocycles. The summed E-state index contributed by atoms with van der Waals surface area (Å²) < 4.78 is 21.7. The summed E-state index contributed by atoms with van der Waals surface area (Å²) in [4.78, 5) is 2.43. The van der Waals surface area contributed by atoms with Crippen molar-refractivity contribution in [2.45, 2.75) is 26.8 Å². The van der Waals surface area contributed by atoms with Crippen molar-refractivity contribution in [3.8, 4) is 0 Å². The zero-order valence-corrected chi connectivity index (χ0v) is 10.4. The predicted molar refractivity (Wildman–Crippen MR) is 74.2 cm³/mol. The molecule has 104 valence electrons. The van der Waals surface area contributed by atoms with Gasteiger partial charge in [-0.1, -0.05) is 37.8 Å². The Morgan fingerprint density at radius 1 is 1.22 bits per heavy atom. The van der Waals surface area contributed by atoms with Crippen LogP contribution in [0.25, 0.3) is 0 Å². The lowest BCUT2D eigenvalue weighted by atomic mass is 10.1. The molecule has 0 spiro atoms. The van der Waals surface area contributed by atoms with Gasteiger partial charge in [-0.05, 0) is 30.9 Å². The highest BCUT2D eigenvalue weighted by molar-refractivity contribution is 5.14. The van der Waals surface area contributed by atoms with Crippen LogP contribution in [0.1, 0.15) is 25.8 Å². The van der Waals surface area contributed by atoms with Crippen molar-refractivity contribution < 1.29 is 8.78 Å². The van der Waals surface area contributed by atoms with E-state index in [1.54, 1.807) is 0 Å². The molecule has 0 radical (unpaired) electrons. The molecule has 2 rings (SSSR count). The molecule has 1 heterocycles. The van der Waals surface area contributed by atoms with E-state index in [1.165, 1.54) is 5.56 Å². The average molecular weight is 257 g/mol. The van der Waals surface area contributed by atoms with E-state index < -0.39 is 0 Å². The molecule has 1 atom stereocenters. The predicted octanol–water partition coefficient (Wildman–Crippen LogP) is 4.09. The highest BCUT2D eigenvalue weighted by Gasteiger charge is 2.21. The summed E-state index contributed by atoms with van der Waals surface area (Å²) in [6.45, 7) is 3.05. The molecule has 0 amide bonds. The maximum absolute atomic E-state index is 12.2. The number of halogens is 2. The molecular weight excluding hydrogens is 232 g/mol. The Morgan fingerprint density at radius 2 is 1.89 bits per heavy atom. The largest absolute Gasteiger partial charge is 0.299 e. The summed E-state index contributed by atoms with van der Waals surface area (Å²) >= 11 is 0. The number of alkyl halides is 2. The second-order valence-corrected chi connectivity index (χ2v) is 4.35. The van der Waals surface area contributed by atoms with E-state index in [0.29, 0.717) is 13.1 Å². The third-order valence-electron chi connectivity index (χ3n) is 3.14. The Morgan fingerprint density at radius 3 is 2.50 bits per heavy atom. The lowest BCUT2D eigenvalue weighted by molar-refractivity contribution is 0.305. The third kappa shape index (κ3) is 5.58. The van der Waals surface area contributed by atoms with Gasteiger partial charge in [0.1, 0.15) is 0 Å². The van der Waals surface area contributed by atoms with Crippen LogP contribution in [0.4, 0.5) is 8.78 Å². The van der Waals surface area contributed by atoms with Gasteiger partial charge in [-0.2, -0.15) is 0 Å². The van der Waals surface area contributed by atoms with E-state index in [9.17, 15) is 8.78 Å². The van der Waals surface area contributed by atoms with Gasteiger partial charge in [-0.15, -0.1) is 0 Å². The van der Waals surface area contributed by atoms with Crippen molar-refractivity contribution >= 4 is 0 Å². The lowest BCUT2D eigenvalue weighted by Gasteiger charge is -2.15. The molecule has 1 aromatic rings. The van der Waals surface area contributed by atoms with Crippen LogP contribution in [-0.4, -0.2) is 31.8 Å². The van der Waals surface area contributed by atoms with Crippen molar-refractivity contribution in [3.05, 3.63) is 35.9 Å². The van der Waals surface area contributed by atoms with Crippen molar-refractivity contribution in [1.82, 2.24) is 4.90 Å². The van der Waals surface area contributed by atoms with E-state index in [0.717, 1.165) is 32.5 Å². The maximum Gasteiger partial charge on any atom is 0.0897 e. The molecule has 0 aromatic heterocycles. The zero-order chi connectivity index (χ0) is 12.5. The standard InChI is InChI=1S/C13H18FN.CH3F.CH4/c14-8-6-13-7-9-15(11-13)10-12-4-2-1-3-5-12;1-2;/h1-5,13H,6-11H2;1H3;1H4. The monoisotopic (exact) mass is 257 g/mol. The lowest BCUT2D eigenvalue weighted by Crippen LogP contribution is -2.20. The summed E-state index contributed by atoms with van der Waals surface area (Å²) in [6, 6.07) is 10.5. The van der Waals surface area contributed by atoms with Crippen LogP contribution in [0.3, 0.4) is 0 Å². The van der Waals surface area contributed by atoms with Gasteiger partial charge < -0.3 is 0 Å². The number of rotatable bonds is 4. The molecule has 1 fully saturated rings. The minimum absolute atomic E-state index is 0. The quantitative estimate of drug-likeness (QED) is 0.785. The second-order valence-electron chi connectivity index (χ2n) is 4.35. The number of hydrogen-bond donors (Lipinski definition) is 0. The minimum Gasteiger partial charge on any atom is -0.299 e. The van der Waals surface area contributed by atoms with Crippen molar-refractivity contribution in [1.29, 1.82) is 0 Å². The van der Waals surface area contributed by atoms with Gasteiger partial charge in [0, 0.05) is 13.1 Å². The summed E-state index contributed by atoms with van der Waals surface area (Å²) in [5, 5.41) is 0. The second kappa shape index (κ2) is 10.0. The Labute approximate surface area is 110 Å². The van der Waals surface area contributed by atoms with Gasteiger partial charge in [-0.25, -0.2) is 0 Å². The summed E-state index contributed by atoms with van der Waals surface area (Å²) in [5.74, 6) is 0.582. The number of benzene rings is 1. The topological polar surface area (TPSA) is 3.24 Å². The number of likely N-dealkylation sites (tertiary alicyclic amines) is 1. The molecule has 1 nitrogen and oxygen atoms in total. The van der Waals surface area contributed by atoms with Crippen LogP contribution in [0.2, 0.25) is 0 Å². The van der Waals surface area contributed by atoms with E-state index in [-0.39, 0.29) is 14.1 Å². The highest BCUT2D eigenvalue weighted by atomic mass is 19.1. The number of hydrogen-bond acceptors (Lipinski definition) is 1. The summed E-state index contributed by atoms with van der Waals surface area (Å²) in [6.07, 6.45) is 1.90. The molecule has 18 heavy (non-hydrogen) atoms. The molecule has 1 aliphatic heterocycles. The van der Waals surface area contributed by atoms with E-state index >= 15 is 0 Å². The normalized spacial score (nSPS) is 18.7. The molecule has 3 heteroatoms. The summed E-state index contributed by atoms with van der Waals surface area (Å²) in [5.41, 5.74) is 1.36. The van der Waals surface area contributed by atoms with Gasteiger partial charge in [0.25, 0.3) is 0 Å². The van der Waals surface area contributed by atoms with E-state index in [2.05, 4.69) is 29.2 Å². The van der Waals surface area contributed by atoms with Gasteiger partial charge in [0.2, 0.25) is 0 Å². The van der Waals surface area contributed by atoms with Crippen LogP contribution in [0.15, 0.2) is 30.3 Å². The Kier molecular flexibility index (Phi) is 9.47. The molecule has 0 N–H and O–H groups in total. The Bertz CT molecular complexity index is 290. The molecular formula is C15H25F2N. The molecule has 0 aliphatic carbocycles. The number of nitrogens with zero attached hydrogens (tertiary/aromatic N) is 1. The molecule has 1 aromatic carbocycles. The van der Waals surface area contributed by atoms with E-state index in [1.807, 2.05) is 6.07 Å². The zero-order valence-electron chi connectivity index (χ0n) is 10.4. The third-order valence-corrected chi connectivity index (χ3v) is 3.14. The van der Waals surface area contributed by atoms with Gasteiger partial charge in [0.15, 0.2) is 0 Å². The first-order valence-corrected chi connectivity index (χ1v) is 6.08. The Balaban J connectivity index is 0.000000917. The molecule has 1 aliphatic rings. The highest BCUT2D eigenvalue weighted by Crippen LogP contribution is 2.21. The Hall–Kier alpha value is -0.960. The summed E-state index contributed by atoms with van der Waals surface area (Å²) in [7, 11) is 0.500. The minimum atomic E-state index is -0.163. The molecule has 1 unspecified atom stereocenters. The fourth-order valence-corrected chi connectivity index (χ4v) is 2.29. The fourth-order valence-electron chi connectivity index (χ4n) is 2.29. The molecule has 0 bridgehead atoms. The van der Waals surface area contributed by atoms with Crippen LogP contribution in [0.5, 0.6) is 0 Å². The van der Waals surface area contributed by atoms with Gasteiger partial charge in [-0.3, -0.25) is 13.7 Å². The van der Waals surface area contributed by atoms with Crippen LogP contribution in [0, 0.1) is 5.92 Å². The SMILES string of the molecule is C.CF.FCCC1CCN(Cc2ccccc2)C1. The van der Waals surface area contributed by atoms with Crippen molar-refractivity contribution in [3.63, 3.8) is 0 Å². The fraction of sp³-hybridized carbons (Fsp3) is 0.600. The average Bonchev–Trinajstić information content (AvgIpc) is 2.81. The van der Waals surface area contributed by atoms with Crippen molar-refractivity contribution in [2.75, 3.05) is 26.9 Å². The first kappa shape index (κ1) is 17.0. The first-order valence-electron chi connectivity index (χ1n) is 6.08. The van der Waals surface area contributed by atoms with Crippen LogP contribution in [-0.2, 0) is 6.54 Å². The smallest absolute Gasteiger partial charge is 0.0897 e. The maximum atomic E-state index is 12.2. The van der Waals surface area contributed by atoms with E-state index in [4.69, 9.17) is 0 Å². The van der Waals surface area contributed by atoms with Crippen LogP contribution >= 0.6 is 0 Å². The molecule has 1 saturated heterocycles.